The number of unbranched alkanes of at least 4 members (excludes halogenated alkanes) is 1. The molecule has 0 aliphatic heterocycles. The van der Waals surface area contributed by atoms with Crippen molar-refractivity contribution in [3.05, 3.63) is 65.2 Å². The molecule has 2 aromatic carbocycles. The summed E-state index contributed by atoms with van der Waals surface area (Å²) in [5.41, 5.74) is 2.73. The smallest absolute Gasteiger partial charge is 0.337 e. The number of anilines is 1. The van der Waals surface area contributed by atoms with Crippen molar-refractivity contribution in [1.82, 2.24) is 0 Å². The molecule has 0 saturated heterocycles. The lowest BCUT2D eigenvalue weighted by molar-refractivity contribution is 0.0600. The zero-order valence-corrected chi connectivity index (χ0v) is 15.3. The summed E-state index contributed by atoms with van der Waals surface area (Å²) in [6, 6.07) is 13.8. The maximum atomic E-state index is 12.3. The molecule has 0 aromatic heterocycles. The third-order valence-corrected chi connectivity index (χ3v) is 5.04. The molecule has 0 radical (unpaired) electrons. The maximum Gasteiger partial charge on any atom is 0.337 e. The Labute approximate surface area is 149 Å². The van der Waals surface area contributed by atoms with Gasteiger partial charge in [0.15, 0.2) is 0 Å². The first-order valence-electron chi connectivity index (χ1n) is 8.20. The maximum absolute atomic E-state index is 12.3. The number of hydrogen-bond donors (Lipinski definition) is 1. The van der Waals surface area contributed by atoms with Crippen LogP contribution < -0.4 is 4.72 Å². The first-order valence-corrected chi connectivity index (χ1v) is 9.85. The van der Waals surface area contributed by atoms with Crippen LogP contribution in [0, 0.1) is 0 Å². The average molecular weight is 361 g/mol. The summed E-state index contributed by atoms with van der Waals surface area (Å²) in [4.78, 5) is 11.4. The Bertz CT molecular complexity index is 796. The summed E-state index contributed by atoms with van der Waals surface area (Å²) in [5.74, 6) is -0.609. The van der Waals surface area contributed by atoms with Crippen LogP contribution in [0.1, 0.15) is 41.3 Å². The van der Waals surface area contributed by atoms with E-state index in [1.54, 1.807) is 36.4 Å². The minimum Gasteiger partial charge on any atom is -0.465 e. The second-order valence-electron chi connectivity index (χ2n) is 5.85. The van der Waals surface area contributed by atoms with Crippen LogP contribution in [0.2, 0.25) is 0 Å². The number of ether oxygens (including phenoxy) is 1. The molecule has 0 aliphatic carbocycles. The quantitative estimate of drug-likeness (QED) is 0.727. The number of rotatable bonds is 8. The highest BCUT2D eigenvalue weighted by Crippen LogP contribution is 2.16. The lowest BCUT2D eigenvalue weighted by Gasteiger charge is -2.09. The van der Waals surface area contributed by atoms with Gasteiger partial charge in [0, 0.05) is 5.69 Å². The molecular formula is C19H23NO4S. The second-order valence-corrected chi connectivity index (χ2v) is 7.57. The molecule has 0 spiro atoms. The average Bonchev–Trinajstić information content (AvgIpc) is 2.60. The van der Waals surface area contributed by atoms with Gasteiger partial charge < -0.3 is 4.74 Å². The van der Waals surface area contributed by atoms with Gasteiger partial charge in [-0.25, -0.2) is 13.2 Å². The van der Waals surface area contributed by atoms with Gasteiger partial charge in [-0.3, -0.25) is 4.72 Å². The van der Waals surface area contributed by atoms with E-state index < -0.39 is 16.0 Å². The Morgan fingerprint density at radius 1 is 1.00 bits per heavy atom. The molecule has 0 saturated carbocycles. The minimum absolute atomic E-state index is 0.161. The molecule has 0 heterocycles. The topological polar surface area (TPSA) is 72.5 Å². The van der Waals surface area contributed by atoms with Gasteiger partial charge in [-0.15, -0.1) is 0 Å². The van der Waals surface area contributed by atoms with Crippen LogP contribution in [-0.2, 0) is 26.9 Å². The van der Waals surface area contributed by atoms with Crippen molar-refractivity contribution in [3.63, 3.8) is 0 Å². The fourth-order valence-corrected chi connectivity index (χ4v) is 3.61. The number of sulfonamides is 1. The summed E-state index contributed by atoms with van der Waals surface area (Å²) in [7, 11) is -2.22. The number of esters is 1. The first-order chi connectivity index (χ1) is 11.9. The Balaban J connectivity index is 2.00. The SMILES string of the molecule is CCCCc1ccc(NS(=O)(=O)Cc2ccc(C(=O)OC)cc2)cc1. The Morgan fingerprint density at radius 2 is 1.60 bits per heavy atom. The largest absolute Gasteiger partial charge is 0.465 e. The lowest BCUT2D eigenvalue weighted by Crippen LogP contribution is -2.15. The summed E-state index contributed by atoms with van der Waals surface area (Å²) in [6.45, 7) is 2.14. The predicted molar refractivity (Wildman–Crippen MR) is 99.1 cm³/mol. The Morgan fingerprint density at radius 3 is 2.16 bits per heavy atom. The van der Waals surface area contributed by atoms with E-state index in [2.05, 4.69) is 16.4 Å². The molecule has 2 rings (SSSR count). The number of hydrogen-bond acceptors (Lipinski definition) is 4. The normalized spacial score (nSPS) is 11.1. The van der Waals surface area contributed by atoms with Crippen LogP contribution in [0.25, 0.3) is 0 Å². The van der Waals surface area contributed by atoms with Gasteiger partial charge >= 0.3 is 5.97 Å². The van der Waals surface area contributed by atoms with Crippen LogP contribution in [0.5, 0.6) is 0 Å². The molecule has 0 amide bonds. The van der Waals surface area contributed by atoms with E-state index in [9.17, 15) is 13.2 Å². The van der Waals surface area contributed by atoms with Gasteiger partial charge in [0.05, 0.1) is 18.4 Å². The number of methoxy groups -OCH3 is 1. The van der Waals surface area contributed by atoms with E-state index >= 15 is 0 Å². The fraction of sp³-hybridized carbons (Fsp3) is 0.316. The number of aryl methyl sites for hydroxylation is 1. The van der Waals surface area contributed by atoms with E-state index in [1.807, 2.05) is 12.1 Å². The van der Waals surface area contributed by atoms with E-state index in [-0.39, 0.29) is 5.75 Å². The summed E-state index contributed by atoms with van der Waals surface area (Å²) in [6.07, 6.45) is 3.24. The zero-order valence-electron chi connectivity index (χ0n) is 14.5. The van der Waals surface area contributed by atoms with Crippen LogP contribution in [0.15, 0.2) is 48.5 Å². The number of carbonyl (C=O) groups excluding carboxylic acids is 1. The Kier molecular flexibility index (Phi) is 6.58. The van der Waals surface area contributed by atoms with Crippen molar-refractivity contribution in [3.8, 4) is 0 Å². The molecule has 134 valence electrons. The van der Waals surface area contributed by atoms with Crippen molar-refractivity contribution >= 4 is 21.7 Å². The van der Waals surface area contributed by atoms with Gasteiger partial charge in [0.25, 0.3) is 0 Å². The van der Waals surface area contributed by atoms with Crippen molar-refractivity contribution in [2.24, 2.45) is 0 Å². The van der Waals surface area contributed by atoms with Crippen LogP contribution >= 0.6 is 0 Å². The fourth-order valence-electron chi connectivity index (χ4n) is 2.41. The number of nitrogens with one attached hydrogen (secondary N) is 1. The highest BCUT2D eigenvalue weighted by Gasteiger charge is 2.13. The molecule has 0 atom stereocenters. The molecular weight excluding hydrogens is 338 g/mol. The van der Waals surface area contributed by atoms with Gasteiger partial charge in [0.1, 0.15) is 0 Å². The van der Waals surface area contributed by atoms with Crippen LogP contribution in [0.3, 0.4) is 0 Å². The minimum atomic E-state index is -3.52. The molecule has 0 aliphatic rings. The van der Waals surface area contributed by atoms with Crippen molar-refractivity contribution in [1.29, 1.82) is 0 Å². The third kappa shape index (κ3) is 5.90. The van der Waals surface area contributed by atoms with Crippen molar-refractivity contribution < 1.29 is 17.9 Å². The first kappa shape index (κ1) is 19.0. The van der Waals surface area contributed by atoms with Gasteiger partial charge in [-0.1, -0.05) is 37.6 Å². The molecule has 2 aromatic rings. The molecule has 25 heavy (non-hydrogen) atoms. The van der Waals surface area contributed by atoms with Gasteiger partial charge in [0.2, 0.25) is 10.0 Å². The van der Waals surface area contributed by atoms with E-state index in [0.717, 1.165) is 19.3 Å². The lowest BCUT2D eigenvalue weighted by atomic mass is 10.1. The van der Waals surface area contributed by atoms with Crippen LogP contribution in [0.4, 0.5) is 5.69 Å². The van der Waals surface area contributed by atoms with E-state index in [1.165, 1.54) is 12.7 Å². The molecule has 6 heteroatoms. The molecule has 0 fully saturated rings. The zero-order chi connectivity index (χ0) is 18.3. The molecule has 0 unspecified atom stereocenters. The molecule has 0 bridgehead atoms. The monoisotopic (exact) mass is 361 g/mol. The number of carbonyl (C=O) groups is 1. The highest BCUT2D eigenvalue weighted by atomic mass is 32.2. The van der Waals surface area contributed by atoms with Crippen molar-refractivity contribution in [2.75, 3.05) is 11.8 Å². The van der Waals surface area contributed by atoms with E-state index in [0.29, 0.717) is 16.8 Å². The summed E-state index contributed by atoms with van der Waals surface area (Å²) < 4.78 is 31.8. The van der Waals surface area contributed by atoms with Crippen LogP contribution in [-0.4, -0.2) is 21.5 Å². The summed E-state index contributed by atoms with van der Waals surface area (Å²) in [5, 5.41) is 0. The van der Waals surface area contributed by atoms with E-state index in [4.69, 9.17) is 0 Å². The standard InChI is InChI=1S/C19H23NO4S/c1-3-4-5-15-8-12-18(13-9-15)20-25(22,23)14-16-6-10-17(11-7-16)19(21)24-2/h6-13,20H,3-5,14H2,1-2H3. The predicted octanol–water partition coefficient (Wildman–Crippen LogP) is 3.76. The molecule has 5 nitrogen and oxygen atoms in total. The van der Waals surface area contributed by atoms with Gasteiger partial charge in [-0.05, 0) is 48.2 Å². The molecule has 1 N–H and O–H groups in total. The summed E-state index contributed by atoms with van der Waals surface area (Å²) >= 11 is 0. The highest BCUT2D eigenvalue weighted by molar-refractivity contribution is 7.91. The Hall–Kier alpha value is -2.34. The van der Waals surface area contributed by atoms with Crippen molar-refractivity contribution in [2.45, 2.75) is 31.9 Å². The number of benzene rings is 2. The second kappa shape index (κ2) is 8.67. The van der Waals surface area contributed by atoms with Gasteiger partial charge in [-0.2, -0.15) is 0 Å². The third-order valence-electron chi connectivity index (χ3n) is 3.78.